The van der Waals surface area contributed by atoms with Crippen molar-refractivity contribution >= 4 is 0 Å². The van der Waals surface area contributed by atoms with E-state index in [1.165, 1.54) is 11.1 Å². The molecule has 2 aliphatic heterocycles. The van der Waals surface area contributed by atoms with Crippen LogP contribution >= 0.6 is 0 Å². The Balaban J connectivity index is 1.61. The largest absolute Gasteiger partial charge is 0.504 e. The molecular weight excluding hydrogens is 426 g/mol. The van der Waals surface area contributed by atoms with Crippen molar-refractivity contribution < 1.29 is 19.7 Å². The third-order valence-electron chi connectivity index (χ3n) is 11.3. The number of rotatable bonds is 5. The summed E-state index contributed by atoms with van der Waals surface area (Å²) in [5.41, 5.74) is 0.562. The van der Waals surface area contributed by atoms with Crippen molar-refractivity contribution in [1.29, 1.82) is 0 Å². The van der Waals surface area contributed by atoms with Crippen molar-refractivity contribution in [3.05, 3.63) is 35.9 Å². The number of methoxy groups -OCH3 is 1. The molecule has 3 saturated carbocycles. The molecule has 4 bridgehead atoms. The fourth-order valence-electron chi connectivity index (χ4n) is 9.25. The lowest BCUT2D eigenvalue weighted by Crippen LogP contribution is -2.83. The molecule has 6 aliphatic rings. The summed E-state index contributed by atoms with van der Waals surface area (Å²) < 4.78 is 13.4. The lowest BCUT2D eigenvalue weighted by Gasteiger charge is -2.75. The van der Waals surface area contributed by atoms with Gasteiger partial charge in [-0.2, -0.15) is 0 Å². The van der Waals surface area contributed by atoms with E-state index in [1.807, 2.05) is 26.2 Å². The zero-order valence-corrected chi connectivity index (χ0v) is 21.5. The number of ether oxygens (including phenoxy) is 2. The van der Waals surface area contributed by atoms with Crippen molar-refractivity contribution in [2.24, 2.45) is 16.7 Å². The van der Waals surface area contributed by atoms with Gasteiger partial charge in [0.1, 0.15) is 11.7 Å². The quantitative estimate of drug-likeness (QED) is 0.621. The summed E-state index contributed by atoms with van der Waals surface area (Å²) in [5, 5.41) is 23.1. The van der Waals surface area contributed by atoms with Crippen LogP contribution in [0.4, 0.5) is 0 Å². The van der Waals surface area contributed by atoms with Gasteiger partial charge in [0.2, 0.25) is 0 Å². The average Bonchev–Trinajstić information content (AvgIpc) is 3.16. The first-order valence-corrected chi connectivity index (χ1v) is 13.1. The Bertz CT molecular complexity index is 1040. The molecule has 2 N–H and O–H groups in total. The van der Waals surface area contributed by atoms with Crippen molar-refractivity contribution in [2.45, 2.75) is 95.0 Å². The van der Waals surface area contributed by atoms with E-state index >= 15 is 0 Å². The van der Waals surface area contributed by atoms with Crippen LogP contribution in [0.1, 0.15) is 70.9 Å². The number of piperidine rings is 1. The molecule has 1 saturated heterocycles. The van der Waals surface area contributed by atoms with E-state index in [4.69, 9.17) is 9.47 Å². The van der Waals surface area contributed by atoms with E-state index in [0.29, 0.717) is 11.8 Å². The minimum Gasteiger partial charge on any atom is -0.504 e. The summed E-state index contributed by atoms with van der Waals surface area (Å²) in [4.78, 5) is 2.70. The van der Waals surface area contributed by atoms with Crippen LogP contribution in [0.15, 0.2) is 24.8 Å². The van der Waals surface area contributed by atoms with Crippen molar-refractivity contribution in [2.75, 3.05) is 20.2 Å². The Labute approximate surface area is 204 Å². The molecule has 1 aromatic rings. The summed E-state index contributed by atoms with van der Waals surface area (Å²) >= 11 is 0. The topological polar surface area (TPSA) is 62.2 Å². The predicted octanol–water partition coefficient (Wildman–Crippen LogP) is 4.58. The number of aromatic hydroxyl groups is 1. The maximum atomic E-state index is 12.2. The molecule has 5 heteroatoms. The molecule has 0 amide bonds. The van der Waals surface area contributed by atoms with Crippen LogP contribution in [0.25, 0.3) is 0 Å². The van der Waals surface area contributed by atoms with E-state index in [9.17, 15) is 10.2 Å². The van der Waals surface area contributed by atoms with Crippen LogP contribution in [0, 0.1) is 16.7 Å². The molecular formula is C29H41NO4. The Morgan fingerprint density at radius 1 is 1.24 bits per heavy atom. The van der Waals surface area contributed by atoms with Crippen molar-refractivity contribution in [1.82, 2.24) is 4.90 Å². The number of hydrogen-bond donors (Lipinski definition) is 2. The first-order valence-electron chi connectivity index (χ1n) is 13.1. The Hall–Kier alpha value is -1.56. The second-order valence-corrected chi connectivity index (χ2v) is 13.0. The number of benzene rings is 1. The van der Waals surface area contributed by atoms with Gasteiger partial charge in [0.05, 0.1) is 5.60 Å². The minimum absolute atomic E-state index is 0.0106. The highest BCUT2D eigenvalue weighted by Crippen LogP contribution is 2.77. The van der Waals surface area contributed by atoms with Crippen LogP contribution in [-0.2, 0) is 16.6 Å². The molecule has 34 heavy (non-hydrogen) atoms. The van der Waals surface area contributed by atoms with E-state index < -0.39 is 11.2 Å². The van der Waals surface area contributed by atoms with Crippen LogP contribution in [0.3, 0.4) is 0 Å². The highest BCUT2D eigenvalue weighted by molar-refractivity contribution is 5.63. The van der Waals surface area contributed by atoms with Gasteiger partial charge in [-0.15, -0.1) is 6.58 Å². The van der Waals surface area contributed by atoms with Gasteiger partial charge in [-0.1, -0.05) is 32.9 Å². The normalized spacial score (nSPS) is 41.5. The van der Waals surface area contributed by atoms with E-state index in [1.54, 1.807) is 0 Å². The predicted molar refractivity (Wildman–Crippen MR) is 132 cm³/mol. The molecule has 2 heterocycles. The zero-order chi connectivity index (χ0) is 24.3. The molecule has 4 fully saturated rings. The van der Waals surface area contributed by atoms with Crippen molar-refractivity contribution in [3.8, 4) is 11.5 Å². The van der Waals surface area contributed by atoms with E-state index in [-0.39, 0.29) is 34.0 Å². The molecule has 1 aromatic carbocycles. The Kier molecular flexibility index (Phi) is 4.58. The zero-order valence-electron chi connectivity index (χ0n) is 21.5. The summed E-state index contributed by atoms with van der Waals surface area (Å²) in [7, 11) is 1.81. The number of aliphatic hydroxyl groups is 1. The second-order valence-electron chi connectivity index (χ2n) is 13.0. The number of nitrogens with zero attached hydrogens (tertiary/aromatic N) is 1. The number of fused-ring (bicyclic) bond motifs is 2. The van der Waals surface area contributed by atoms with Crippen LogP contribution < -0.4 is 4.74 Å². The summed E-state index contributed by atoms with van der Waals surface area (Å²) in [6.07, 6.45) is 7.67. The van der Waals surface area contributed by atoms with Gasteiger partial charge >= 0.3 is 0 Å². The molecule has 0 aromatic heterocycles. The number of hydrogen-bond acceptors (Lipinski definition) is 5. The molecule has 186 valence electrons. The SMILES string of the molecule is C=CCCN1CC[C@]23c4c5ccc(O)c4OC2C2(OC)CC[C@]3(CC2C(C)(O)C(C)(C)C)[C@H]1C5. The maximum Gasteiger partial charge on any atom is 0.165 e. The fourth-order valence-corrected chi connectivity index (χ4v) is 9.25. The van der Waals surface area contributed by atoms with Gasteiger partial charge < -0.3 is 19.7 Å². The monoisotopic (exact) mass is 467 g/mol. The molecule has 4 unspecified atom stereocenters. The van der Waals surface area contributed by atoms with Crippen LogP contribution in [-0.4, -0.2) is 58.7 Å². The smallest absolute Gasteiger partial charge is 0.165 e. The number of likely N-dealkylation sites (tertiary alicyclic amines) is 1. The van der Waals surface area contributed by atoms with Gasteiger partial charge in [-0.3, -0.25) is 4.90 Å². The molecule has 7 atom stereocenters. The Morgan fingerprint density at radius 3 is 2.68 bits per heavy atom. The maximum absolute atomic E-state index is 12.2. The number of phenols is 1. The first-order chi connectivity index (χ1) is 16.0. The fraction of sp³-hybridized carbons (Fsp3) is 0.724. The first kappa shape index (κ1) is 22.9. The summed E-state index contributed by atoms with van der Waals surface area (Å²) in [6, 6.07) is 4.33. The molecule has 5 nitrogen and oxygen atoms in total. The van der Waals surface area contributed by atoms with Crippen LogP contribution in [0.5, 0.6) is 11.5 Å². The molecule has 2 spiro atoms. The van der Waals surface area contributed by atoms with E-state index in [2.05, 4.69) is 38.3 Å². The average molecular weight is 468 g/mol. The molecule has 4 aliphatic carbocycles. The molecule has 7 rings (SSSR count). The van der Waals surface area contributed by atoms with E-state index in [0.717, 1.165) is 51.6 Å². The van der Waals surface area contributed by atoms with Gasteiger partial charge in [-0.05, 0) is 69.0 Å². The third kappa shape index (κ3) is 2.33. The van der Waals surface area contributed by atoms with Crippen LogP contribution in [0.2, 0.25) is 0 Å². The lowest BCUT2D eigenvalue weighted by molar-refractivity contribution is -0.312. The van der Waals surface area contributed by atoms with Gasteiger partial charge in [0, 0.05) is 42.0 Å². The van der Waals surface area contributed by atoms with Gasteiger partial charge in [0.15, 0.2) is 11.5 Å². The van der Waals surface area contributed by atoms with Crippen molar-refractivity contribution in [3.63, 3.8) is 0 Å². The highest BCUT2D eigenvalue weighted by Gasteiger charge is 2.82. The van der Waals surface area contributed by atoms with Gasteiger partial charge in [-0.25, -0.2) is 0 Å². The lowest BCUT2D eigenvalue weighted by atomic mass is 9.33. The van der Waals surface area contributed by atoms with Gasteiger partial charge in [0.25, 0.3) is 0 Å². The highest BCUT2D eigenvalue weighted by atomic mass is 16.6. The standard InChI is InChI=1S/C29H41NO4/c1-7-8-14-30-15-13-28-22-18-9-10-19(31)23(22)34-24(28)29(33-6)12-11-27(28,21(30)16-18)17-20(29)26(5,32)25(2,3)4/h7,9-10,20-21,24,31-32H,1,8,11-17H2,2-6H3/t20?,21-,24?,26?,27+,28+,29?/m1/s1. The third-order valence-corrected chi connectivity index (χ3v) is 11.3. The summed E-state index contributed by atoms with van der Waals surface area (Å²) in [6.45, 7) is 14.5. The minimum atomic E-state index is -0.932. The molecule has 0 radical (unpaired) electrons. The second kappa shape index (κ2) is 6.80. The summed E-state index contributed by atoms with van der Waals surface area (Å²) in [5.74, 6) is 0.871. The number of phenolic OH excluding ortho intramolecular Hbond substituents is 1. The Morgan fingerprint density at radius 2 is 2.00 bits per heavy atom.